The molecule has 3 aromatic rings. The third-order valence-electron chi connectivity index (χ3n) is 4.88. The van der Waals surface area contributed by atoms with Crippen LogP contribution in [0.25, 0.3) is 10.9 Å². The highest BCUT2D eigenvalue weighted by Crippen LogP contribution is 2.27. The van der Waals surface area contributed by atoms with E-state index in [2.05, 4.69) is 64.5 Å². The molecule has 2 heteroatoms. The van der Waals surface area contributed by atoms with Gasteiger partial charge in [0, 0.05) is 35.9 Å². The van der Waals surface area contributed by atoms with E-state index in [9.17, 15) is 0 Å². The first-order valence-electron chi connectivity index (χ1n) is 8.24. The molecule has 0 atom stereocenters. The minimum atomic E-state index is 0.828. The Kier molecular flexibility index (Phi) is 3.59. The molecule has 112 valence electrons. The number of H-pyrrole nitrogens is 1. The zero-order valence-corrected chi connectivity index (χ0v) is 12.8. The first kappa shape index (κ1) is 13.4. The van der Waals surface area contributed by atoms with Crippen LogP contribution in [-0.2, 0) is 6.42 Å². The van der Waals surface area contributed by atoms with Crippen LogP contribution in [0.3, 0.4) is 0 Å². The number of fused-ring (bicyclic) bond motifs is 1. The summed E-state index contributed by atoms with van der Waals surface area (Å²) in [4.78, 5) is 5.80. The summed E-state index contributed by atoms with van der Waals surface area (Å²) < 4.78 is 0. The van der Waals surface area contributed by atoms with Crippen molar-refractivity contribution in [3.8, 4) is 0 Å². The third kappa shape index (κ3) is 2.74. The predicted molar refractivity (Wildman–Crippen MR) is 93.4 cm³/mol. The maximum atomic E-state index is 3.27. The summed E-state index contributed by atoms with van der Waals surface area (Å²) in [5.41, 5.74) is 4.07. The van der Waals surface area contributed by atoms with E-state index in [1.165, 1.54) is 54.5 Å². The summed E-state index contributed by atoms with van der Waals surface area (Å²) >= 11 is 0. The second-order valence-corrected chi connectivity index (χ2v) is 6.37. The molecule has 0 saturated carbocycles. The highest BCUT2D eigenvalue weighted by atomic mass is 15.1. The summed E-state index contributed by atoms with van der Waals surface area (Å²) in [6, 6.07) is 19.8. The molecule has 22 heavy (non-hydrogen) atoms. The highest BCUT2D eigenvalue weighted by Gasteiger charge is 2.19. The Morgan fingerprint density at radius 2 is 1.77 bits per heavy atom. The number of nitrogens with zero attached hydrogens (tertiary/aromatic N) is 1. The van der Waals surface area contributed by atoms with Crippen LogP contribution in [0.2, 0.25) is 0 Å². The fraction of sp³-hybridized carbons (Fsp3) is 0.300. The topological polar surface area (TPSA) is 19.0 Å². The molecule has 4 rings (SSSR count). The Morgan fingerprint density at radius 1 is 0.955 bits per heavy atom. The second-order valence-electron chi connectivity index (χ2n) is 6.37. The van der Waals surface area contributed by atoms with Gasteiger partial charge >= 0.3 is 0 Å². The van der Waals surface area contributed by atoms with Gasteiger partial charge in [0.2, 0.25) is 0 Å². The summed E-state index contributed by atoms with van der Waals surface area (Å²) in [5, 5.41) is 1.31. The molecule has 1 N–H and O–H groups in total. The van der Waals surface area contributed by atoms with Gasteiger partial charge in [-0.3, -0.25) is 0 Å². The average molecular weight is 290 g/mol. The maximum absolute atomic E-state index is 3.27. The molecule has 0 amide bonds. The summed E-state index contributed by atoms with van der Waals surface area (Å²) in [7, 11) is 0. The predicted octanol–water partition coefficient (Wildman–Crippen LogP) is 4.63. The zero-order valence-electron chi connectivity index (χ0n) is 12.8. The molecule has 0 spiro atoms. The molecule has 1 aliphatic heterocycles. The fourth-order valence-corrected chi connectivity index (χ4v) is 3.58. The second kappa shape index (κ2) is 5.88. The van der Waals surface area contributed by atoms with Gasteiger partial charge in [-0.15, -0.1) is 0 Å². The number of hydrogen-bond acceptors (Lipinski definition) is 1. The lowest BCUT2D eigenvalue weighted by atomic mass is 9.90. The van der Waals surface area contributed by atoms with E-state index in [1.807, 2.05) is 6.20 Å². The van der Waals surface area contributed by atoms with E-state index in [1.54, 1.807) is 0 Å². The lowest BCUT2D eigenvalue weighted by Gasteiger charge is -2.33. The van der Waals surface area contributed by atoms with Crippen LogP contribution in [0.5, 0.6) is 0 Å². The van der Waals surface area contributed by atoms with E-state index >= 15 is 0 Å². The van der Waals surface area contributed by atoms with Gasteiger partial charge in [-0.1, -0.05) is 30.3 Å². The molecule has 0 unspecified atom stereocenters. The smallest absolute Gasteiger partial charge is 0.0455 e. The lowest BCUT2D eigenvalue weighted by Crippen LogP contribution is -2.34. The van der Waals surface area contributed by atoms with E-state index in [0.29, 0.717) is 0 Å². The molecule has 1 aromatic heterocycles. The molecule has 1 aliphatic rings. The molecular weight excluding hydrogens is 268 g/mol. The normalized spacial score (nSPS) is 16.3. The van der Waals surface area contributed by atoms with Crippen molar-refractivity contribution in [2.45, 2.75) is 19.3 Å². The van der Waals surface area contributed by atoms with Crippen LogP contribution >= 0.6 is 0 Å². The molecular formula is C20H22N2. The van der Waals surface area contributed by atoms with E-state index in [0.717, 1.165) is 5.92 Å². The minimum Gasteiger partial charge on any atom is -0.371 e. The number of nitrogens with one attached hydrogen (secondary N) is 1. The third-order valence-corrected chi connectivity index (χ3v) is 4.88. The van der Waals surface area contributed by atoms with E-state index in [-0.39, 0.29) is 0 Å². The summed E-state index contributed by atoms with van der Waals surface area (Å²) in [6.07, 6.45) is 5.83. The van der Waals surface area contributed by atoms with Gasteiger partial charge in [0.25, 0.3) is 0 Å². The Hall–Kier alpha value is -2.22. The zero-order chi connectivity index (χ0) is 14.8. The Morgan fingerprint density at radius 3 is 2.59 bits per heavy atom. The van der Waals surface area contributed by atoms with Crippen molar-refractivity contribution in [1.82, 2.24) is 4.98 Å². The standard InChI is InChI=1S/C20H22N2/c1-2-4-16(5-3-1)14-17-9-12-22(13-10-17)19-6-7-20-18(15-19)8-11-21-20/h1-8,11,15,17,21H,9-10,12-14H2. The average Bonchev–Trinajstić information content (AvgIpc) is 3.04. The van der Waals surface area contributed by atoms with Gasteiger partial charge in [0.15, 0.2) is 0 Å². The maximum Gasteiger partial charge on any atom is 0.0455 e. The number of aromatic amines is 1. The van der Waals surface area contributed by atoms with Gasteiger partial charge in [-0.05, 0) is 55.0 Å². The number of aromatic nitrogens is 1. The molecule has 2 nitrogen and oxygen atoms in total. The fourth-order valence-electron chi connectivity index (χ4n) is 3.58. The number of rotatable bonds is 3. The monoisotopic (exact) mass is 290 g/mol. The molecule has 0 radical (unpaired) electrons. The summed E-state index contributed by atoms with van der Waals surface area (Å²) in [5.74, 6) is 0.828. The molecule has 0 bridgehead atoms. The van der Waals surface area contributed by atoms with Gasteiger partial charge in [0.05, 0.1) is 0 Å². The van der Waals surface area contributed by atoms with Crippen molar-refractivity contribution >= 4 is 16.6 Å². The van der Waals surface area contributed by atoms with Gasteiger partial charge in [0.1, 0.15) is 0 Å². The first-order valence-corrected chi connectivity index (χ1v) is 8.24. The first-order chi connectivity index (χ1) is 10.9. The quantitative estimate of drug-likeness (QED) is 0.745. The Balaban J connectivity index is 1.41. The number of piperidine rings is 1. The van der Waals surface area contributed by atoms with Crippen molar-refractivity contribution in [3.63, 3.8) is 0 Å². The SMILES string of the molecule is c1ccc(CC2CCN(c3ccc4[nH]ccc4c3)CC2)cc1. The van der Waals surface area contributed by atoms with Crippen molar-refractivity contribution < 1.29 is 0 Å². The van der Waals surface area contributed by atoms with Crippen molar-refractivity contribution in [3.05, 3.63) is 66.4 Å². The van der Waals surface area contributed by atoms with Gasteiger partial charge in [-0.25, -0.2) is 0 Å². The molecule has 2 heterocycles. The van der Waals surface area contributed by atoms with E-state index in [4.69, 9.17) is 0 Å². The van der Waals surface area contributed by atoms with Crippen molar-refractivity contribution in [1.29, 1.82) is 0 Å². The Labute approximate surface area is 131 Å². The van der Waals surface area contributed by atoms with Crippen LogP contribution < -0.4 is 4.90 Å². The number of hydrogen-bond donors (Lipinski definition) is 1. The van der Waals surface area contributed by atoms with Crippen molar-refractivity contribution in [2.75, 3.05) is 18.0 Å². The number of benzene rings is 2. The van der Waals surface area contributed by atoms with Crippen LogP contribution in [0.4, 0.5) is 5.69 Å². The minimum absolute atomic E-state index is 0.828. The molecule has 0 aliphatic carbocycles. The molecule has 2 aromatic carbocycles. The van der Waals surface area contributed by atoms with Gasteiger partial charge in [-0.2, -0.15) is 0 Å². The van der Waals surface area contributed by atoms with Crippen LogP contribution in [0, 0.1) is 5.92 Å². The summed E-state index contributed by atoms with van der Waals surface area (Å²) in [6.45, 7) is 2.35. The molecule has 1 fully saturated rings. The molecule has 1 saturated heterocycles. The number of anilines is 1. The van der Waals surface area contributed by atoms with Crippen LogP contribution in [0.1, 0.15) is 18.4 Å². The van der Waals surface area contributed by atoms with Gasteiger partial charge < -0.3 is 9.88 Å². The van der Waals surface area contributed by atoms with Crippen LogP contribution in [-0.4, -0.2) is 18.1 Å². The highest BCUT2D eigenvalue weighted by molar-refractivity contribution is 5.83. The largest absolute Gasteiger partial charge is 0.371 e. The van der Waals surface area contributed by atoms with E-state index < -0.39 is 0 Å². The lowest BCUT2D eigenvalue weighted by molar-refractivity contribution is 0.404. The van der Waals surface area contributed by atoms with Crippen LogP contribution in [0.15, 0.2) is 60.8 Å². The Bertz CT molecular complexity index is 737. The van der Waals surface area contributed by atoms with Crippen molar-refractivity contribution in [2.24, 2.45) is 5.92 Å².